The number of carbonyl (C=O) groups is 1. The highest BCUT2D eigenvalue weighted by Crippen LogP contribution is 2.23. The van der Waals surface area contributed by atoms with Crippen molar-refractivity contribution in [2.24, 2.45) is 11.8 Å². The lowest BCUT2D eigenvalue weighted by Gasteiger charge is -2.38. The summed E-state index contributed by atoms with van der Waals surface area (Å²) in [7, 11) is 0. The van der Waals surface area contributed by atoms with Gasteiger partial charge in [-0.3, -0.25) is 9.69 Å². The molecule has 0 radical (unpaired) electrons. The predicted octanol–water partition coefficient (Wildman–Crippen LogP) is 3.13. The molecule has 0 saturated carbocycles. The van der Waals surface area contributed by atoms with Gasteiger partial charge in [0, 0.05) is 18.8 Å². The maximum atomic E-state index is 13.1. The number of piperidine rings is 1. The molecule has 1 N–H and O–H groups in total. The smallest absolute Gasteiger partial charge is 0.241 e. The molecule has 1 fully saturated rings. The summed E-state index contributed by atoms with van der Waals surface area (Å²) in [4.78, 5) is 14.5. The van der Waals surface area contributed by atoms with E-state index in [1.54, 1.807) is 12.1 Å². The molecule has 1 saturated heterocycles. The third-order valence-corrected chi connectivity index (χ3v) is 3.92. The average molecular weight is 278 g/mol. The Hall–Kier alpha value is -1.42. The van der Waals surface area contributed by atoms with Gasteiger partial charge in [0.1, 0.15) is 5.82 Å². The van der Waals surface area contributed by atoms with E-state index < -0.39 is 0 Å². The second kappa shape index (κ2) is 6.35. The SMILES string of the molecule is C[C@@H]1C[C@H](C)CN([C@@H](C)C(=O)Nc2cccc(F)c2)C1. The minimum Gasteiger partial charge on any atom is -0.325 e. The highest BCUT2D eigenvalue weighted by Gasteiger charge is 2.28. The van der Waals surface area contributed by atoms with Crippen molar-refractivity contribution < 1.29 is 9.18 Å². The Morgan fingerprint density at radius 3 is 2.60 bits per heavy atom. The Balaban J connectivity index is 1.98. The standard InChI is InChI=1S/C16H23FN2O/c1-11-7-12(2)10-19(9-11)13(3)16(20)18-15-6-4-5-14(17)8-15/h4-6,8,11-13H,7,9-10H2,1-3H3,(H,18,20)/t11-,12+,13-/m0/s1. The number of hydrogen-bond acceptors (Lipinski definition) is 2. The monoisotopic (exact) mass is 278 g/mol. The van der Waals surface area contributed by atoms with Crippen molar-refractivity contribution in [1.82, 2.24) is 4.90 Å². The van der Waals surface area contributed by atoms with Gasteiger partial charge >= 0.3 is 0 Å². The summed E-state index contributed by atoms with van der Waals surface area (Å²) in [5, 5.41) is 2.79. The Bertz CT molecular complexity index is 467. The van der Waals surface area contributed by atoms with Crippen LogP contribution in [0, 0.1) is 17.7 Å². The second-order valence-electron chi connectivity index (χ2n) is 6.08. The Kier molecular flexibility index (Phi) is 4.76. The van der Waals surface area contributed by atoms with E-state index in [-0.39, 0.29) is 17.8 Å². The molecular formula is C16H23FN2O. The summed E-state index contributed by atoms with van der Waals surface area (Å²) in [6.45, 7) is 8.25. The van der Waals surface area contributed by atoms with Crippen molar-refractivity contribution in [2.75, 3.05) is 18.4 Å². The summed E-state index contributed by atoms with van der Waals surface area (Å²) in [6.07, 6.45) is 1.22. The van der Waals surface area contributed by atoms with Crippen molar-refractivity contribution >= 4 is 11.6 Å². The van der Waals surface area contributed by atoms with E-state index in [0.717, 1.165) is 13.1 Å². The number of rotatable bonds is 3. The third kappa shape index (κ3) is 3.79. The highest BCUT2D eigenvalue weighted by atomic mass is 19.1. The van der Waals surface area contributed by atoms with Crippen LogP contribution in [-0.4, -0.2) is 29.9 Å². The number of nitrogens with zero attached hydrogens (tertiary/aromatic N) is 1. The number of halogens is 1. The number of nitrogens with one attached hydrogen (secondary N) is 1. The molecule has 3 nitrogen and oxygen atoms in total. The topological polar surface area (TPSA) is 32.3 Å². The zero-order valence-corrected chi connectivity index (χ0v) is 12.4. The molecule has 0 spiro atoms. The Morgan fingerprint density at radius 1 is 1.35 bits per heavy atom. The van der Waals surface area contributed by atoms with Crippen LogP contribution in [0.1, 0.15) is 27.2 Å². The van der Waals surface area contributed by atoms with E-state index in [0.29, 0.717) is 17.5 Å². The van der Waals surface area contributed by atoms with E-state index in [9.17, 15) is 9.18 Å². The first kappa shape index (κ1) is 15.0. The van der Waals surface area contributed by atoms with Gasteiger partial charge in [0.2, 0.25) is 5.91 Å². The fourth-order valence-electron chi connectivity index (χ4n) is 3.01. The number of likely N-dealkylation sites (tertiary alicyclic amines) is 1. The first-order chi connectivity index (χ1) is 9.45. The average Bonchev–Trinajstić information content (AvgIpc) is 2.36. The van der Waals surface area contributed by atoms with E-state index in [1.165, 1.54) is 18.6 Å². The van der Waals surface area contributed by atoms with Gasteiger partial charge in [-0.2, -0.15) is 0 Å². The lowest BCUT2D eigenvalue weighted by atomic mass is 9.91. The second-order valence-corrected chi connectivity index (χ2v) is 6.08. The van der Waals surface area contributed by atoms with Crippen LogP contribution < -0.4 is 5.32 Å². The van der Waals surface area contributed by atoms with E-state index in [2.05, 4.69) is 24.1 Å². The zero-order valence-electron chi connectivity index (χ0n) is 12.4. The van der Waals surface area contributed by atoms with Gasteiger partial charge in [0.25, 0.3) is 0 Å². The molecule has 0 unspecified atom stereocenters. The summed E-state index contributed by atoms with van der Waals surface area (Å²) >= 11 is 0. The molecule has 1 aromatic rings. The molecule has 20 heavy (non-hydrogen) atoms. The van der Waals surface area contributed by atoms with E-state index in [1.807, 2.05) is 6.92 Å². The third-order valence-electron chi connectivity index (χ3n) is 3.92. The van der Waals surface area contributed by atoms with Gasteiger partial charge in [0.05, 0.1) is 6.04 Å². The normalized spacial score (nSPS) is 25.2. The van der Waals surface area contributed by atoms with Crippen LogP contribution in [0.3, 0.4) is 0 Å². The quantitative estimate of drug-likeness (QED) is 0.921. The molecule has 110 valence electrons. The summed E-state index contributed by atoms with van der Waals surface area (Å²) in [5.74, 6) is 0.818. The zero-order chi connectivity index (χ0) is 14.7. The fourth-order valence-corrected chi connectivity index (χ4v) is 3.01. The molecule has 1 amide bonds. The lowest BCUT2D eigenvalue weighted by Crippen LogP contribution is -2.48. The van der Waals surface area contributed by atoms with Crippen LogP contribution in [0.4, 0.5) is 10.1 Å². The van der Waals surface area contributed by atoms with Crippen molar-refractivity contribution in [2.45, 2.75) is 33.2 Å². The van der Waals surface area contributed by atoms with Crippen LogP contribution >= 0.6 is 0 Å². The molecule has 4 heteroatoms. The molecule has 1 aromatic carbocycles. The molecule has 0 bridgehead atoms. The van der Waals surface area contributed by atoms with Crippen molar-refractivity contribution in [3.8, 4) is 0 Å². The van der Waals surface area contributed by atoms with E-state index in [4.69, 9.17) is 0 Å². The number of anilines is 1. The van der Waals surface area contributed by atoms with Gasteiger partial charge < -0.3 is 5.32 Å². The molecule has 0 aliphatic carbocycles. The predicted molar refractivity (Wildman–Crippen MR) is 79.0 cm³/mol. The number of benzene rings is 1. The van der Waals surface area contributed by atoms with E-state index >= 15 is 0 Å². The number of amides is 1. The summed E-state index contributed by atoms with van der Waals surface area (Å²) in [5.41, 5.74) is 0.514. The largest absolute Gasteiger partial charge is 0.325 e. The molecule has 0 aromatic heterocycles. The summed E-state index contributed by atoms with van der Waals surface area (Å²) in [6, 6.07) is 5.82. The van der Waals surface area contributed by atoms with Crippen LogP contribution in [0.25, 0.3) is 0 Å². The van der Waals surface area contributed by atoms with Gasteiger partial charge in [-0.05, 0) is 43.4 Å². The molecule has 1 aliphatic heterocycles. The van der Waals surface area contributed by atoms with Crippen LogP contribution in [0.15, 0.2) is 24.3 Å². The minimum absolute atomic E-state index is 0.0723. The van der Waals surface area contributed by atoms with Gasteiger partial charge in [-0.25, -0.2) is 4.39 Å². The van der Waals surface area contributed by atoms with Gasteiger partial charge in [-0.1, -0.05) is 19.9 Å². The van der Waals surface area contributed by atoms with Crippen molar-refractivity contribution in [3.63, 3.8) is 0 Å². The molecule has 1 aliphatic rings. The minimum atomic E-state index is -0.337. The van der Waals surface area contributed by atoms with Gasteiger partial charge in [0.15, 0.2) is 0 Å². The lowest BCUT2D eigenvalue weighted by molar-refractivity contribution is -0.121. The van der Waals surface area contributed by atoms with Crippen molar-refractivity contribution in [1.29, 1.82) is 0 Å². The van der Waals surface area contributed by atoms with Crippen LogP contribution in [0.5, 0.6) is 0 Å². The Labute approximate surface area is 120 Å². The molecule has 3 atom stereocenters. The number of carbonyl (C=O) groups excluding carboxylic acids is 1. The molecular weight excluding hydrogens is 255 g/mol. The molecule has 2 rings (SSSR count). The maximum Gasteiger partial charge on any atom is 0.241 e. The van der Waals surface area contributed by atoms with Crippen molar-refractivity contribution in [3.05, 3.63) is 30.1 Å². The van der Waals surface area contributed by atoms with Crippen LogP contribution in [-0.2, 0) is 4.79 Å². The number of hydrogen-bond donors (Lipinski definition) is 1. The Morgan fingerprint density at radius 2 is 2.00 bits per heavy atom. The van der Waals surface area contributed by atoms with Gasteiger partial charge in [-0.15, -0.1) is 0 Å². The highest BCUT2D eigenvalue weighted by molar-refractivity contribution is 5.94. The first-order valence-corrected chi connectivity index (χ1v) is 7.26. The maximum absolute atomic E-state index is 13.1. The van der Waals surface area contributed by atoms with Crippen LogP contribution in [0.2, 0.25) is 0 Å². The fraction of sp³-hybridized carbons (Fsp3) is 0.562. The molecule has 1 heterocycles. The first-order valence-electron chi connectivity index (χ1n) is 7.26. The summed E-state index contributed by atoms with van der Waals surface area (Å²) < 4.78 is 13.1.